The summed E-state index contributed by atoms with van der Waals surface area (Å²) in [5.74, 6) is -1.33. The number of ether oxygens (including phenoxy) is 1. The molecule has 1 aliphatic carbocycles. The van der Waals surface area contributed by atoms with Crippen LogP contribution in [-0.4, -0.2) is 40.0 Å². The number of hydrogen-bond acceptors (Lipinski definition) is 4. The summed E-state index contributed by atoms with van der Waals surface area (Å²) < 4.78 is 5.03. The molecule has 0 heterocycles. The van der Waals surface area contributed by atoms with Crippen molar-refractivity contribution < 1.29 is 24.5 Å². The van der Waals surface area contributed by atoms with E-state index in [2.05, 4.69) is 5.32 Å². The third kappa shape index (κ3) is 5.36. The van der Waals surface area contributed by atoms with Crippen molar-refractivity contribution in [1.29, 1.82) is 0 Å². The lowest BCUT2D eigenvalue weighted by Gasteiger charge is -2.31. The highest BCUT2D eigenvalue weighted by molar-refractivity contribution is 5.80. The van der Waals surface area contributed by atoms with E-state index in [0.29, 0.717) is 0 Å². The number of hydrogen-bond donors (Lipinski definition) is 3. The number of aliphatic hydroxyl groups excluding tert-OH is 1. The summed E-state index contributed by atoms with van der Waals surface area (Å²) in [6.45, 7) is 5.08. The average Bonchev–Trinajstić information content (AvgIpc) is 2.34. The number of alkyl carbamates (subject to hydrolysis) is 1. The van der Waals surface area contributed by atoms with Gasteiger partial charge in [0.1, 0.15) is 5.60 Å². The van der Waals surface area contributed by atoms with Gasteiger partial charge in [-0.2, -0.15) is 0 Å². The molecule has 3 N–H and O–H groups in total. The van der Waals surface area contributed by atoms with Crippen molar-refractivity contribution in [2.75, 3.05) is 0 Å². The van der Waals surface area contributed by atoms with Crippen LogP contribution in [0.25, 0.3) is 0 Å². The summed E-state index contributed by atoms with van der Waals surface area (Å²) in [7, 11) is 0. The Bertz CT molecular complexity index is 344. The van der Waals surface area contributed by atoms with Gasteiger partial charge in [0, 0.05) is 0 Å². The molecule has 20 heavy (non-hydrogen) atoms. The summed E-state index contributed by atoms with van der Waals surface area (Å²) in [6.07, 6.45) is 2.77. The fourth-order valence-corrected chi connectivity index (χ4v) is 2.48. The number of carbonyl (C=O) groups excluding carboxylic acids is 1. The van der Waals surface area contributed by atoms with Crippen LogP contribution in [0.3, 0.4) is 0 Å². The number of carboxylic acids is 1. The van der Waals surface area contributed by atoms with Crippen LogP contribution in [0.15, 0.2) is 0 Å². The molecule has 0 spiro atoms. The van der Waals surface area contributed by atoms with E-state index in [4.69, 9.17) is 4.74 Å². The maximum atomic E-state index is 11.7. The number of amides is 1. The fourth-order valence-electron chi connectivity index (χ4n) is 2.48. The zero-order valence-electron chi connectivity index (χ0n) is 12.4. The van der Waals surface area contributed by atoms with E-state index in [1.54, 1.807) is 20.8 Å². The molecule has 0 aromatic heterocycles. The van der Waals surface area contributed by atoms with E-state index in [-0.39, 0.29) is 5.92 Å². The van der Waals surface area contributed by atoms with Gasteiger partial charge in [0.2, 0.25) is 0 Å². The van der Waals surface area contributed by atoms with Crippen molar-refractivity contribution in [2.45, 2.75) is 70.6 Å². The smallest absolute Gasteiger partial charge is 0.408 e. The Balaban J connectivity index is 2.63. The minimum atomic E-state index is -1.33. The molecule has 0 saturated heterocycles. The van der Waals surface area contributed by atoms with Crippen LogP contribution in [-0.2, 0) is 9.53 Å². The number of nitrogens with one attached hydrogen (secondary N) is 1. The van der Waals surface area contributed by atoms with Crippen LogP contribution in [0, 0.1) is 5.92 Å². The van der Waals surface area contributed by atoms with E-state index in [9.17, 15) is 19.8 Å². The number of carbonyl (C=O) groups is 2. The number of rotatable bonds is 4. The van der Waals surface area contributed by atoms with E-state index < -0.39 is 29.8 Å². The molecule has 116 valence electrons. The third-order valence-corrected chi connectivity index (χ3v) is 3.41. The van der Waals surface area contributed by atoms with Crippen molar-refractivity contribution in [3.8, 4) is 0 Å². The Morgan fingerprint density at radius 3 is 2.20 bits per heavy atom. The predicted molar refractivity (Wildman–Crippen MR) is 73.4 cm³/mol. The minimum absolute atomic E-state index is 0.0835. The average molecular weight is 287 g/mol. The third-order valence-electron chi connectivity index (χ3n) is 3.41. The van der Waals surface area contributed by atoms with Gasteiger partial charge in [0.05, 0.1) is 6.10 Å². The summed E-state index contributed by atoms with van der Waals surface area (Å²) in [5, 5.41) is 21.7. The molecule has 0 aliphatic heterocycles. The Morgan fingerprint density at radius 2 is 1.75 bits per heavy atom. The van der Waals surface area contributed by atoms with Gasteiger partial charge in [0.15, 0.2) is 6.04 Å². The normalized spacial score (nSPS) is 20.0. The zero-order chi connectivity index (χ0) is 15.3. The van der Waals surface area contributed by atoms with Crippen LogP contribution in [0.5, 0.6) is 0 Å². The first-order valence-electron chi connectivity index (χ1n) is 7.11. The summed E-state index contributed by atoms with van der Waals surface area (Å²) in [5.41, 5.74) is -0.705. The molecular weight excluding hydrogens is 262 g/mol. The predicted octanol–water partition coefficient (Wildman–Crippen LogP) is 1.91. The van der Waals surface area contributed by atoms with Gasteiger partial charge < -0.3 is 20.3 Å². The molecule has 0 unspecified atom stereocenters. The fraction of sp³-hybridized carbons (Fsp3) is 0.857. The number of aliphatic hydroxyl groups is 1. The second kappa shape index (κ2) is 6.92. The van der Waals surface area contributed by atoms with Gasteiger partial charge in [-0.3, -0.25) is 0 Å². The minimum Gasteiger partial charge on any atom is -0.480 e. The maximum Gasteiger partial charge on any atom is 0.408 e. The largest absolute Gasteiger partial charge is 0.480 e. The second-order valence-electron chi connectivity index (χ2n) is 6.35. The maximum absolute atomic E-state index is 11.7. The molecule has 1 saturated carbocycles. The van der Waals surface area contributed by atoms with E-state index in [1.807, 2.05) is 0 Å². The van der Waals surface area contributed by atoms with Gasteiger partial charge >= 0.3 is 12.1 Å². The highest BCUT2D eigenvalue weighted by Crippen LogP contribution is 2.28. The standard InChI is InChI=1S/C14H25NO5/c1-14(2,3)20-13(19)15-10(12(17)18)11(16)9-7-5-4-6-8-9/h9-11,16H,4-8H2,1-3H3,(H,15,19)(H,17,18)/t10-,11+/m0/s1. The lowest BCUT2D eigenvalue weighted by Crippen LogP contribution is -2.52. The summed E-state index contributed by atoms with van der Waals surface area (Å²) in [4.78, 5) is 22.9. The SMILES string of the molecule is CC(C)(C)OC(=O)N[C@H](C(=O)O)[C@H](O)C1CCCCC1. The van der Waals surface area contributed by atoms with Crippen LogP contribution in [0.2, 0.25) is 0 Å². The van der Waals surface area contributed by atoms with Crippen molar-refractivity contribution >= 4 is 12.1 Å². The lowest BCUT2D eigenvalue weighted by atomic mass is 9.82. The molecular formula is C14H25NO5. The first-order chi connectivity index (χ1) is 9.20. The van der Waals surface area contributed by atoms with Gasteiger partial charge in [-0.25, -0.2) is 9.59 Å². The zero-order valence-corrected chi connectivity index (χ0v) is 12.4. The van der Waals surface area contributed by atoms with Gasteiger partial charge in [0.25, 0.3) is 0 Å². The van der Waals surface area contributed by atoms with E-state index in [0.717, 1.165) is 32.1 Å². The van der Waals surface area contributed by atoms with Gasteiger partial charge in [-0.1, -0.05) is 19.3 Å². The molecule has 6 nitrogen and oxygen atoms in total. The van der Waals surface area contributed by atoms with Crippen LogP contribution < -0.4 is 5.32 Å². The monoisotopic (exact) mass is 287 g/mol. The Morgan fingerprint density at radius 1 is 1.20 bits per heavy atom. The van der Waals surface area contributed by atoms with Crippen molar-refractivity contribution in [2.24, 2.45) is 5.92 Å². The molecule has 0 aromatic carbocycles. The van der Waals surface area contributed by atoms with Crippen molar-refractivity contribution in [3.05, 3.63) is 0 Å². The van der Waals surface area contributed by atoms with Gasteiger partial charge in [-0.05, 0) is 39.5 Å². The quantitative estimate of drug-likeness (QED) is 0.734. The van der Waals surface area contributed by atoms with Crippen molar-refractivity contribution in [3.63, 3.8) is 0 Å². The Hall–Kier alpha value is -1.30. The molecule has 1 fully saturated rings. The highest BCUT2D eigenvalue weighted by Gasteiger charge is 2.35. The van der Waals surface area contributed by atoms with Crippen molar-refractivity contribution in [1.82, 2.24) is 5.32 Å². The van der Waals surface area contributed by atoms with Crippen LogP contribution in [0.1, 0.15) is 52.9 Å². The van der Waals surface area contributed by atoms with E-state index >= 15 is 0 Å². The molecule has 0 radical (unpaired) electrons. The topological polar surface area (TPSA) is 95.9 Å². The molecule has 1 rings (SSSR count). The summed E-state index contributed by atoms with van der Waals surface area (Å²) >= 11 is 0. The Kier molecular flexibility index (Phi) is 5.80. The molecule has 1 amide bonds. The molecule has 1 aliphatic rings. The molecule has 0 bridgehead atoms. The summed E-state index contributed by atoms with van der Waals surface area (Å²) in [6, 6.07) is -1.33. The van der Waals surface area contributed by atoms with Gasteiger partial charge in [-0.15, -0.1) is 0 Å². The van der Waals surface area contributed by atoms with Crippen LogP contribution >= 0.6 is 0 Å². The number of carboxylic acid groups (broad SMARTS) is 1. The highest BCUT2D eigenvalue weighted by atomic mass is 16.6. The lowest BCUT2D eigenvalue weighted by molar-refractivity contribution is -0.144. The molecule has 2 atom stereocenters. The molecule has 0 aromatic rings. The first kappa shape index (κ1) is 16.8. The van der Waals surface area contributed by atoms with E-state index in [1.165, 1.54) is 0 Å². The Labute approximate surface area is 119 Å². The molecule has 6 heteroatoms. The number of aliphatic carboxylic acids is 1. The first-order valence-corrected chi connectivity index (χ1v) is 7.11. The second-order valence-corrected chi connectivity index (χ2v) is 6.35. The van der Waals surface area contributed by atoms with Crippen LogP contribution in [0.4, 0.5) is 4.79 Å².